The summed E-state index contributed by atoms with van der Waals surface area (Å²) in [6.07, 6.45) is -4.91. The molecule has 0 aliphatic carbocycles. The van der Waals surface area contributed by atoms with Gasteiger partial charge in [-0.2, -0.15) is 0 Å². The number of halogens is 5. The van der Waals surface area contributed by atoms with Crippen LogP contribution in [0.1, 0.15) is 0 Å². The van der Waals surface area contributed by atoms with Crippen LogP contribution in [-0.4, -0.2) is 6.36 Å². The number of anilines is 1. The topological polar surface area (TPSA) is 35.2 Å². The Bertz CT molecular complexity index is 315. The van der Waals surface area contributed by atoms with E-state index >= 15 is 0 Å². The summed E-state index contributed by atoms with van der Waals surface area (Å²) in [5.74, 6) is -2.13. The largest absolute Gasteiger partial charge is 0.573 e. The van der Waals surface area contributed by atoms with Crippen molar-refractivity contribution in [3.63, 3.8) is 0 Å². The first-order valence-corrected chi connectivity index (χ1v) is 3.20. The first kappa shape index (κ1) is 12.8. The molecule has 1 aromatic rings. The number of nitrogens with two attached hydrogens (primary N) is 1. The molecule has 1 aromatic carbocycles. The van der Waals surface area contributed by atoms with E-state index in [1.54, 1.807) is 0 Å². The number of alkyl halides is 3. The van der Waals surface area contributed by atoms with Gasteiger partial charge < -0.3 is 10.5 Å². The van der Waals surface area contributed by atoms with E-state index in [0.29, 0.717) is 0 Å². The van der Waals surface area contributed by atoms with Gasteiger partial charge in [-0.1, -0.05) is 6.07 Å². The molecular weight excluding hydrogens is 226 g/mol. The lowest BCUT2D eigenvalue weighted by Crippen LogP contribution is -2.18. The van der Waals surface area contributed by atoms with Gasteiger partial charge in [-0.3, -0.25) is 0 Å². The highest BCUT2D eigenvalue weighted by atomic mass is 35.5. The molecule has 14 heavy (non-hydrogen) atoms. The van der Waals surface area contributed by atoms with Gasteiger partial charge in [0.25, 0.3) is 0 Å². The van der Waals surface area contributed by atoms with Gasteiger partial charge in [0.05, 0.1) is 5.69 Å². The van der Waals surface area contributed by atoms with Crippen molar-refractivity contribution in [1.82, 2.24) is 0 Å². The molecular formula is C7H6ClF4NO. The molecule has 0 spiro atoms. The lowest BCUT2D eigenvalue weighted by molar-refractivity contribution is -0.275. The minimum Gasteiger partial charge on any atom is -0.403 e. The molecule has 0 saturated carbocycles. The van der Waals surface area contributed by atoms with E-state index in [9.17, 15) is 17.6 Å². The maximum atomic E-state index is 12.8. The number of hydrogen-bond donors (Lipinski definition) is 1. The van der Waals surface area contributed by atoms with Crippen molar-refractivity contribution >= 4 is 18.1 Å². The minimum atomic E-state index is -4.91. The van der Waals surface area contributed by atoms with Gasteiger partial charge in [-0.05, 0) is 12.1 Å². The standard InChI is InChI=1S/C7H5F4NO.ClH/c8-6-4(12)2-1-3-5(6)13-7(9,10)11;/h1-3H,12H2;1H. The van der Waals surface area contributed by atoms with Crippen LogP contribution in [0.4, 0.5) is 23.2 Å². The Morgan fingerprint density at radius 1 is 1.21 bits per heavy atom. The molecule has 0 aliphatic heterocycles. The highest BCUT2D eigenvalue weighted by Gasteiger charge is 2.32. The zero-order valence-corrected chi connectivity index (χ0v) is 7.45. The number of benzene rings is 1. The molecule has 80 valence electrons. The van der Waals surface area contributed by atoms with Crippen LogP contribution in [0.5, 0.6) is 5.75 Å². The summed E-state index contributed by atoms with van der Waals surface area (Å²) in [5.41, 5.74) is 4.63. The van der Waals surface area contributed by atoms with E-state index in [1.165, 1.54) is 6.07 Å². The smallest absolute Gasteiger partial charge is 0.403 e. The van der Waals surface area contributed by atoms with Crippen LogP contribution in [0.15, 0.2) is 18.2 Å². The Morgan fingerprint density at radius 3 is 2.29 bits per heavy atom. The zero-order valence-electron chi connectivity index (χ0n) is 6.64. The van der Waals surface area contributed by atoms with E-state index in [-0.39, 0.29) is 18.1 Å². The monoisotopic (exact) mass is 231 g/mol. The molecule has 0 unspecified atom stereocenters. The first-order valence-electron chi connectivity index (χ1n) is 3.20. The number of hydrogen-bond acceptors (Lipinski definition) is 2. The van der Waals surface area contributed by atoms with E-state index in [2.05, 4.69) is 4.74 Å². The van der Waals surface area contributed by atoms with E-state index in [1.807, 2.05) is 0 Å². The fourth-order valence-electron chi connectivity index (χ4n) is 0.731. The third-order valence-corrected chi connectivity index (χ3v) is 1.22. The lowest BCUT2D eigenvalue weighted by atomic mass is 10.3. The van der Waals surface area contributed by atoms with Gasteiger partial charge in [-0.25, -0.2) is 4.39 Å². The Balaban J connectivity index is 0.00000169. The van der Waals surface area contributed by atoms with Crippen molar-refractivity contribution in [3.8, 4) is 5.75 Å². The molecule has 0 bridgehead atoms. The second-order valence-corrected chi connectivity index (χ2v) is 2.21. The highest BCUT2D eigenvalue weighted by molar-refractivity contribution is 5.85. The predicted molar refractivity (Wildman–Crippen MR) is 44.7 cm³/mol. The van der Waals surface area contributed by atoms with Crippen molar-refractivity contribution in [2.24, 2.45) is 0 Å². The maximum absolute atomic E-state index is 12.8. The van der Waals surface area contributed by atoms with Crippen molar-refractivity contribution in [2.45, 2.75) is 6.36 Å². The Labute approximate surface area is 83.1 Å². The highest BCUT2D eigenvalue weighted by Crippen LogP contribution is 2.27. The molecule has 0 fully saturated rings. The molecule has 7 heteroatoms. The fraction of sp³-hybridized carbons (Fsp3) is 0.143. The lowest BCUT2D eigenvalue weighted by Gasteiger charge is -2.09. The molecule has 0 amide bonds. The Hall–Kier alpha value is -1.17. The molecule has 2 nitrogen and oxygen atoms in total. The molecule has 0 aromatic heterocycles. The SMILES string of the molecule is Cl.Nc1cccc(OC(F)(F)F)c1F. The van der Waals surface area contributed by atoms with Crippen LogP contribution in [0.25, 0.3) is 0 Å². The van der Waals surface area contributed by atoms with Gasteiger partial charge in [-0.15, -0.1) is 25.6 Å². The summed E-state index contributed by atoms with van der Waals surface area (Å²) >= 11 is 0. The molecule has 0 radical (unpaired) electrons. The summed E-state index contributed by atoms with van der Waals surface area (Å²) in [6.45, 7) is 0. The molecule has 0 heterocycles. The Kier molecular flexibility index (Phi) is 4.00. The Morgan fingerprint density at radius 2 is 1.79 bits per heavy atom. The van der Waals surface area contributed by atoms with Crippen LogP contribution in [0, 0.1) is 5.82 Å². The van der Waals surface area contributed by atoms with Gasteiger partial charge in [0.2, 0.25) is 0 Å². The number of ether oxygens (including phenoxy) is 1. The van der Waals surface area contributed by atoms with Gasteiger partial charge >= 0.3 is 6.36 Å². The summed E-state index contributed by atoms with van der Waals surface area (Å²) < 4.78 is 51.0. The zero-order chi connectivity index (χ0) is 10.1. The summed E-state index contributed by atoms with van der Waals surface area (Å²) in [6, 6.07) is 3.15. The number of rotatable bonds is 1. The average molecular weight is 232 g/mol. The van der Waals surface area contributed by atoms with E-state index in [0.717, 1.165) is 12.1 Å². The van der Waals surface area contributed by atoms with Gasteiger partial charge in [0.1, 0.15) is 0 Å². The molecule has 2 N–H and O–H groups in total. The number of nitrogen functional groups attached to an aromatic ring is 1. The summed E-state index contributed by atoms with van der Waals surface area (Å²) in [4.78, 5) is 0. The third-order valence-electron chi connectivity index (χ3n) is 1.22. The van der Waals surface area contributed by atoms with Crippen molar-refractivity contribution in [3.05, 3.63) is 24.0 Å². The molecule has 0 atom stereocenters. The van der Waals surface area contributed by atoms with Crippen LogP contribution in [0.3, 0.4) is 0 Å². The predicted octanol–water partition coefficient (Wildman–Crippen LogP) is 2.73. The van der Waals surface area contributed by atoms with E-state index in [4.69, 9.17) is 5.73 Å². The third kappa shape index (κ3) is 3.29. The van der Waals surface area contributed by atoms with Gasteiger partial charge in [0, 0.05) is 0 Å². The van der Waals surface area contributed by atoms with Crippen LogP contribution in [-0.2, 0) is 0 Å². The minimum absolute atomic E-state index is 0. The van der Waals surface area contributed by atoms with Crippen LogP contribution >= 0.6 is 12.4 Å². The second kappa shape index (κ2) is 4.36. The summed E-state index contributed by atoms with van der Waals surface area (Å²) in [7, 11) is 0. The van der Waals surface area contributed by atoms with Gasteiger partial charge in [0.15, 0.2) is 11.6 Å². The normalized spacial score (nSPS) is 10.6. The first-order chi connectivity index (χ1) is 5.90. The summed E-state index contributed by atoms with van der Waals surface area (Å²) in [5, 5.41) is 0. The maximum Gasteiger partial charge on any atom is 0.573 e. The second-order valence-electron chi connectivity index (χ2n) is 2.21. The van der Waals surface area contributed by atoms with Crippen molar-refractivity contribution < 1.29 is 22.3 Å². The average Bonchev–Trinajstić information content (AvgIpc) is 1.96. The molecule has 1 rings (SSSR count). The van der Waals surface area contributed by atoms with Crippen molar-refractivity contribution in [2.75, 3.05) is 5.73 Å². The van der Waals surface area contributed by atoms with Crippen LogP contribution < -0.4 is 10.5 Å². The van der Waals surface area contributed by atoms with Crippen molar-refractivity contribution in [1.29, 1.82) is 0 Å². The fourth-order valence-corrected chi connectivity index (χ4v) is 0.731. The van der Waals surface area contributed by atoms with E-state index < -0.39 is 17.9 Å². The van der Waals surface area contributed by atoms with Crippen LogP contribution in [0.2, 0.25) is 0 Å². The quantitative estimate of drug-likeness (QED) is 0.596. The molecule has 0 aliphatic rings. The molecule has 0 saturated heterocycles.